The van der Waals surface area contributed by atoms with Crippen molar-refractivity contribution in [2.75, 3.05) is 13.1 Å². The molecule has 0 unspecified atom stereocenters. The summed E-state index contributed by atoms with van der Waals surface area (Å²) in [6.07, 6.45) is 1.41. The molecule has 2 N–H and O–H groups in total. The summed E-state index contributed by atoms with van der Waals surface area (Å²) in [5.41, 5.74) is 0.623. The zero-order valence-electron chi connectivity index (χ0n) is 14.2. The maximum atomic E-state index is 12.9. The van der Waals surface area contributed by atoms with Crippen molar-refractivity contribution in [3.63, 3.8) is 0 Å². The Kier molecular flexibility index (Phi) is 5.50. The third kappa shape index (κ3) is 4.81. The highest BCUT2D eigenvalue weighted by molar-refractivity contribution is 5.82. The number of rotatable bonds is 7. The number of benzene rings is 1. The molecule has 1 saturated heterocycles. The number of H-pyrrole nitrogens is 1. The van der Waals surface area contributed by atoms with Crippen molar-refractivity contribution in [2.45, 2.75) is 31.7 Å². The standard InChI is InChI=1S/C18H20FN3O4/c19-13-3-1-12(2-4-13)7-8-22-11-14(9-18(22)25)20-16(23)6-5-15-10-17(24)21-26-15/h1-4,10,14H,5-9,11H2,(H,20,23)(H,21,24)/t14-/m1/s1. The molecule has 1 aromatic heterocycles. The second-order valence-corrected chi connectivity index (χ2v) is 6.36. The molecular formula is C18H20FN3O4. The molecule has 7 nitrogen and oxygen atoms in total. The van der Waals surface area contributed by atoms with Crippen LogP contribution in [0.2, 0.25) is 0 Å². The number of aryl methyl sites for hydroxylation is 1. The summed E-state index contributed by atoms with van der Waals surface area (Å²) >= 11 is 0. The average Bonchev–Trinajstić information content (AvgIpc) is 3.18. The summed E-state index contributed by atoms with van der Waals surface area (Å²) in [6.45, 7) is 0.996. The second-order valence-electron chi connectivity index (χ2n) is 6.36. The lowest BCUT2D eigenvalue weighted by molar-refractivity contribution is -0.127. The molecule has 0 radical (unpaired) electrons. The fourth-order valence-corrected chi connectivity index (χ4v) is 2.98. The molecule has 1 aliphatic rings. The van der Waals surface area contributed by atoms with Gasteiger partial charge >= 0.3 is 0 Å². The van der Waals surface area contributed by atoms with Crippen LogP contribution >= 0.6 is 0 Å². The van der Waals surface area contributed by atoms with Gasteiger partial charge in [-0.15, -0.1) is 0 Å². The van der Waals surface area contributed by atoms with E-state index in [0.717, 1.165) is 5.56 Å². The highest BCUT2D eigenvalue weighted by Crippen LogP contribution is 2.13. The van der Waals surface area contributed by atoms with E-state index in [1.54, 1.807) is 17.0 Å². The van der Waals surface area contributed by atoms with Crippen molar-refractivity contribution in [3.05, 3.63) is 57.8 Å². The van der Waals surface area contributed by atoms with Crippen LogP contribution in [0, 0.1) is 5.82 Å². The van der Waals surface area contributed by atoms with Crippen molar-refractivity contribution in [1.82, 2.24) is 15.4 Å². The van der Waals surface area contributed by atoms with Crippen LogP contribution < -0.4 is 10.9 Å². The number of hydrogen-bond donors (Lipinski definition) is 2. The maximum Gasteiger partial charge on any atom is 0.280 e. The normalized spacial score (nSPS) is 16.9. The first-order chi connectivity index (χ1) is 12.5. The lowest BCUT2D eigenvalue weighted by Crippen LogP contribution is -2.37. The Hall–Kier alpha value is -2.90. The highest BCUT2D eigenvalue weighted by Gasteiger charge is 2.30. The minimum atomic E-state index is -0.335. The van der Waals surface area contributed by atoms with Gasteiger partial charge in [-0.3, -0.25) is 14.4 Å². The van der Waals surface area contributed by atoms with Crippen molar-refractivity contribution < 1.29 is 18.5 Å². The molecular weight excluding hydrogens is 341 g/mol. The highest BCUT2D eigenvalue weighted by atomic mass is 19.1. The molecule has 2 amide bonds. The molecule has 26 heavy (non-hydrogen) atoms. The first-order valence-corrected chi connectivity index (χ1v) is 8.48. The largest absolute Gasteiger partial charge is 0.384 e. The van der Waals surface area contributed by atoms with Gasteiger partial charge in [0.15, 0.2) is 0 Å². The minimum Gasteiger partial charge on any atom is -0.384 e. The van der Waals surface area contributed by atoms with Gasteiger partial charge in [-0.2, -0.15) is 5.16 Å². The van der Waals surface area contributed by atoms with E-state index >= 15 is 0 Å². The van der Waals surface area contributed by atoms with Crippen molar-refractivity contribution >= 4 is 11.8 Å². The quantitative estimate of drug-likeness (QED) is 0.769. The van der Waals surface area contributed by atoms with Gasteiger partial charge in [0.1, 0.15) is 11.6 Å². The molecule has 0 saturated carbocycles. The molecule has 0 bridgehead atoms. The molecule has 1 atom stereocenters. The van der Waals surface area contributed by atoms with Crippen LogP contribution in [-0.2, 0) is 22.4 Å². The van der Waals surface area contributed by atoms with Crippen LogP contribution in [0.4, 0.5) is 4.39 Å². The number of hydrogen-bond acceptors (Lipinski definition) is 4. The molecule has 1 aliphatic heterocycles. The van der Waals surface area contributed by atoms with Crippen LogP contribution in [0.1, 0.15) is 24.2 Å². The summed E-state index contributed by atoms with van der Waals surface area (Å²) in [6, 6.07) is 7.29. The lowest BCUT2D eigenvalue weighted by atomic mass is 10.1. The molecule has 8 heteroatoms. The maximum absolute atomic E-state index is 12.9. The fourth-order valence-electron chi connectivity index (χ4n) is 2.98. The van der Waals surface area contributed by atoms with E-state index < -0.39 is 0 Å². The number of aromatic nitrogens is 1. The number of nitrogens with zero attached hydrogens (tertiary/aromatic N) is 1. The predicted octanol–water partition coefficient (Wildman–Crippen LogP) is 0.999. The van der Waals surface area contributed by atoms with E-state index in [9.17, 15) is 18.8 Å². The van der Waals surface area contributed by atoms with Crippen LogP contribution in [0.15, 0.2) is 39.6 Å². The average molecular weight is 361 g/mol. The number of aromatic amines is 1. The summed E-state index contributed by atoms with van der Waals surface area (Å²) in [4.78, 5) is 36.7. The summed E-state index contributed by atoms with van der Waals surface area (Å²) < 4.78 is 17.8. The van der Waals surface area contributed by atoms with Crippen LogP contribution in [0.3, 0.4) is 0 Å². The van der Waals surface area contributed by atoms with Gasteiger partial charge in [0, 0.05) is 38.4 Å². The Morgan fingerprint density at radius 1 is 1.27 bits per heavy atom. The van der Waals surface area contributed by atoms with Crippen molar-refractivity contribution in [1.29, 1.82) is 0 Å². The van der Waals surface area contributed by atoms with Crippen molar-refractivity contribution in [3.8, 4) is 0 Å². The molecule has 2 heterocycles. The van der Waals surface area contributed by atoms with E-state index in [4.69, 9.17) is 4.52 Å². The molecule has 0 aliphatic carbocycles. The monoisotopic (exact) mass is 361 g/mol. The zero-order valence-corrected chi connectivity index (χ0v) is 14.2. The number of halogens is 1. The van der Waals surface area contributed by atoms with E-state index in [0.29, 0.717) is 31.7 Å². The van der Waals surface area contributed by atoms with Gasteiger partial charge in [0.05, 0.1) is 6.04 Å². The summed E-state index contributed by atoms with van der Waals surface area (Å²) in [7, 11) is 0. The Morgan fingerprint density at radius 2 is 2.04 bits per heavy atom. The number of carbonyl (C=O) groups excluding carboxylic acids is 2. The SMILES string of the molecule is O=C(CCc1cc(=O)[nH]o1)N[C@@H]1CC(=O)N(CCc2ccc(F)cc2)C1. The Bertz CT molecular complexity index is 827. The molecule has 1 fully saturated rings. The first-order valence-electron chi connectivity index (χ1n) is 8.48. The first kappa shape index (κ1) is 17.9. The van der Waals surface area contributed by atoms with E-state index in [-0.39, 0.29) is 42.1 Å². The Balaban J connectivity index is 1.42. The lowest BCUT2D eigenvalue weighted by Gasteiger charge is -2.17. The molecule has 138 valence electrons. The van der Waals surface area contributed by atoms with E-state index in [1.807, 2.05) is 0 Å². The number of nitrogens with one attached hydrogen (secondary N) is 2. The van der Waals surface area contributed by atoms with Gasteiger partial charge in [0.25, 0.3) is 5.56 Å². The number of carbonyl (C=O) groups is 2. The molecule has 3 rings (SSSR count). The van der Waals surface area contributed by atoms with E-state index in [2.05, 4.69) is 10.5 Å². The van der Waals surface area contributed by atoms with Crippen molar-refractivity contribution in [2.24, 2.45) is 0 Å². The zero-order chi connectivity index (χ0) is 18.5. The van der Waals surface area contributed by atoms with Gasteiger partial charge < -0.3 is 14.7 Å². The molecule has 2 aromatic rings. The summed E-state index contributed by atoms with van der Waals surface area (Å²) in [5, 5.41) is 5.01. The van der Waals surface area contributed by atoms with Gasteiger partial charge in [0.2, 0.25) is 11.8 Å². The molecule has 1 aromatic carbocycles. The van der Waals surface area contributed by atoms with Crippen LogP contribution in [-0.4, -0.2) is 41.0 Å². The van der Waals surface area contributed by atoms with Gasteiger partial charge in [-0.05, 0) is 24.1 Å². The van der Waals surface area contributed by atoms with Crippen LogP contribution in [0.25, 0.3) is 0 Å². The van der Waals surface area contributed by atoms with Crippen LogP contribution in [0.5, 0.6) is 0 Å². The summed E-state index contributed by atoms with van der Waals surface area (Å²) in [5.74, 6) is -0.0534. The number of likely N-dealkylation sites (tertiary alicyclic amines) is 1. The second kappa shape index (κ2) is 7.99. The third-order valence-corrected chi connectivity index (χ3v) is 4.34. The minimum absolute atomic E-state index is 0.00552. The Morgan fingerprint density at radius 3 is 2.73 bits per heavy atom. The van der Waals surface area contributed by atoms with Gasteiger partial charge in [-0.1, -0.05) is 12.1 Å². The molecule has 0 spiro atoms. The van der Waals surface area contributed by atoms with E-state index in [1.165, 1.54) is 18.2 Å². The van der Waals surface area contributed by atoms with Gasteiger partial charge in [-0.25, -0.2) is 4.39 Å². The smallest absolute Gasteiger partial charge is 0.280 e. The number of amides is 2. The Labute approximate surface area is 149 Å². The topological polar surface area (TPSA) is 95.4 Å². The predicted molar refractivity (Wildman–Crippen MR) is 90.9 cm³/mol. The fraction of sp³-hybridized carbons (Fsp3) is 0.389. The third-order valence-electron chi connectivity index (χ3n) is 4.34.